The Bertz CT molecular complexity index is 1070. The molecule has 0 unspecified atom stereocenters. The van der Waals surface area contributed by atoms with Crippen LogP contribution in [-0.4, -0.2) is 41.9 Å². The Hall–Kier alpha value is -2.96. The van der Waals surface area contributed by atoms with E-state index < -0.39 is 0 Å². The zero-order valence-corrected chi connectivity index (χ0v) is 18.1. The van der Waals surface area contributed by atoms with Gasteiger partial charge in [0, 0.05) is 43.0 Å². The lowest BCUT2D eigenvalue weighted by molar-refractivity contribution is 0.0938. The molecule has 2 aliphatic heterocycles. The highest BCUT2D eigenvalue weighted by Gasteiger charge is 2.39. The van der Waals surface area contributed by atoms with Crippen LogP contribution in [0.5, 0.6) is 0 Å². The summed E-state index contributed by atoms with van der Waals surface area (Å²) < 4.78 is 0. The number of thiophene rings is 1. The maximum Gasteiger partial charge on any atom is 0.261 e. The number of amides is 2. The van der Waals surface area contributed by atoms with Gasteiger partial charge in [0.15, 0.2) is 0 Å². The van der Waals surface area contributed by atoms with Crippen molar-refractivity contribution in [1.29, 1.82) is 0 Å². The van der Waals surface area contributed by atoms with Gasteiger partial charge in [-0.05, 0) is 48.1 Å². The first-order valence-corrected chi connectivity index (χ1v) is 11.6. The second-order valence-electron chi connectivity index (χ2n) is 8.16. The number of nitrogens with zero attached hydrogens (tertiary/aromatic N) is 2. The molecule has 5 nitrogen and oxygen atoms in total. The van der Waals surface area contributed by atoms with Crippen molar-refractivity contribution < 1.29 is 9.59 Å². The Morgan fingerprint density at radius 1 is 0.968 bits per heavy atom. The van der Waals surface area contributed by atoms with E-state index in [0.717, 1.165) is 35.5 Å². The minimum atomic E-state index is -0.00504. The fraction of sp³-hybridized carbons (Fsp3) is 0.280. The van der Waals surface area contributed by atoms with Crippen molar-refractivity contribution in [2.45, 2.75) is 31.5 Å². The highest BCUT2D eigenvalue weighted by molar-refractivity contribution is 7.12. The molecule has 1 fully saturated rings. The van der Waals surface area contributed by atoms with Crippen LogP contribution in [0.2, 0.25) is 0 Å². The van der Waals surface area contributed by atoms with Gasteiger partial charge < -0.3 is 10.2 Å². The second-order valence-corrected chi connectivity index (χ2v) is 9.10. The first-order valence-electron chi connectivity index (χ1n) is 10.7. The van der Waals surface area contributed by atoms with Crippen molar-refractivity contribution >= 4 is 28.8 Å². The number of rotatable bonds is 4. The normalized spacial score (nSPS) is 20.6. The van der Waals surface area contributed by atoms with Crippen LogP contribution in [-0.2, 0) is 6.54 Å². The van der Waals surface area contributed by atoms with E-state index in [9.17, 15) is 9.59 Å². The van der Waals surface area contributed by atoms with Crippen molar-refractivity contribution in [3.8, 4) is 0 Å². The van der Waals surface area contributed by atoms with E-state index in [1.807, 2.05) is 70.9 Å². The SMILES string of the molecule is O=C(NC[C@H]1CC[C@H]2CN(C(=O)c3ccccc3)c3ccccc3CN12)c1cccs1. The highest BCUT2D eigenvalue weighted by atomic mass is 32.1. The Kier molecular flexibility index (Phi) is 5.57. The Labute approximate surface area is 186 Å². The van der Waals surface area contributed by atoms with E-state index in [-0.39, 0.29) is 23.9 Å². The average Bonchev–Trinajstić information content (AvgIpc) is 3.44. The number of carbonyl (C=O) groups is 2. The number of anilines is 1. The summed E-state index contributed by atoms with van der Waals surface area (Å²) in [6.45, 7) is 2.08. The summed E-state index contributed by atoms with van der Waals surface area (Å²) in [5.41, 5.74) is 2.86. The van der Waals surface area contributed by atoms with Crippen molar-refractivity contribution in [3.05, 3.63) is 88.1 Å². The van der Waals surface area contributed by atoms with Crippen LogP contribution in [0.3, 0.4) is 0 Å². The molecule has 0 spiro atoms. The summed E-state index contributed by atoms with van der Waals surface area (Å²) in [5, 5.41) is 5.03. The van der Waals surface area contributed by atoms with Gasteiger partial charge in [-0.3, -0.25) is 14.5 Å². The molecular formula is C25H25N3O2S. The van der Waals surface area contributed by atoms with Crippen LogP contribution in [0, 0.1) is 0 Å². The molecule has 0 bridgehead atoms. The van der Waals surface area contributed by atoms with Crippen LogP contribution in [0.25, 0.3) is 0 Å². The number of hydrogen-bond acceptors (Lipinski definition) is 4. The van der Waals surface area contributed by atoms with E-state index in [2.05, 4.69) is 16.3 Å². The lowest BCUT2D eigenvalue weighted by Gasteiger charge is -2.29. The van der Waals surface area contributed by atoms with E-state index in [4.69, 9.17) is 0 Å². The summed E-state index contributed by atoms with van der Waals surface area (Å²) in [6, 6.07) is 22.0. The summed E-state index contributed by atoms with van der Waals surface area (Å²) >= 11 is 1.46. The summed E-state index contributed by atoms with van der Waals surface area (Å²) in [6.07, 6.45) is 2.04. The molecule has 3 aromatic rings. The van der Waals surface area contributed by atoms with Gasteiger partial charge in [0.1, 0.15) is 0 Å². The van der Waals surface area contributed by atoms with Gasteiger partial charge in [-0.2, -0.15) is 0 Å². The average molecular weight is 432 g/mol. The zero-order chi connectivity index (χ0) is 21.2. The van der Waals surface area contributed by atoms with Gasteiger partial charge in [-0.1, -0.05) is 42.5 Å². The topological polar surface area (TPSA) is 52.7 Å². The predicted octanol–water partition coefficient (Wildman–Crippen LogP) is 4.17. The molecular weight excluding hydrogens is 406 g/mol. The number of hydrogen-bond donors (Lipinski definition) is 1. The van der Waals surface area contributed by atoms with Gasteiger partial charge in [-0.25, -0.2) is 0 Å². The van der Waals surface area contributed by atoms with Crippen molar-refractivity contribution in [2.24, 2.45) is 0 Å². The molecule has 5 rings (SSSR count). The number of benzene rings is 2. The molecule has 0 saturated carbocycles. The van der Waals surface area contributed by atoms with Crippen LogP contribution in [0.1, 0.15) is 38.4 Å². The molecule has 2 amide bonds. The lowest BCUT2D eigenvalue weighted by atomic mass is 10.1. The molecule has 1 saturated heterocycles. The van der Waals surface area contributed by atoms with Gasteiger partial charge in [-0.15, -0.1) is 11.3 Å². The summed E-state index contributed by atoms with van der Waals surface area (Å²) in [5.74, 6) is 0.0407. The molecule has 1 N–H and O–H groups in total. The minimum Gasteiger partial charge on any atom is -0.350 e. The third-order valence-corrected chi connectivity index (χ3v) is 7.18. The molecule has 1 aromatic heterocycles. The molecule has 31 heavy (non-hydrogen) atoms. The fourth-order valence-corrected chi connectivity index (χ4v) is 5.38. The number of carbonyl (C=O) groups excluding carboxylic acids is 2. The third kappa shape index (κ3) is 4.01. The Morgan fingerprint density at radius 3 is 2.58 bits per heavy atom. The fourth-order valence-electron chi connectivity index (χ4n) is 4.74. The van der Waals surface area contributed by atoms with E-state index in [1.54, 1.807) is 0 Å². The van der Waals surface area contributed by atoms with Crippen LogP contribution in [0.15, 0.2) is 72.1 Å². The standard InChI is InChI=1S/C25H25N3O2S/c29-24(23-11-6-14-31-23)26-15-20-12-13-21-17-28(25(30)18-7-2-1-3-8-18)22-10-5-4-9-19(22)16-27(20)21/h1-11,14,20-21H,12-13,15-17H2,(H,26,29)/t20-,21+/m1/s1. The molecule has 0 aliphatic carbocycles. The first-order chi connectivity index (χ1) is 15.2. The van der Waals surface area contributed by atoms with E-state index in [1.165, 1.54) is 11.3 Å². The number of para-hydroxylation sites is 1. The van der Waals surface area contributed by atoms with Gasteiger partial charge in [0.2, 0.25) is 0 Å². The largest absolute Gasteiger partial charge is 0.350 e. The molecule has 2 aromatic carbocycles. The van der Waals surface area contributed by atoms with E-state index >= 15 is 0 Å². The highest BCUT2D eigenvalue weighted by Crippen LogP contribution is 2.35. The van der Waals surface area contributed by atoms with E-state index in [0.29, 0.717) is 18.7 Å². The molecule has 0 radical (unpaired) electrons. The molecule has 6 heteroatoms. The summed E-state index contributed by atoms with van der Waals surface area (Å²) in [7, 11) is 0. The minimum absolute atomic E-state index is 0.00504. The Morgan fingerprint density at radius 2 is 1.77 bits per heavy atom. The van der Waals surface area contributed by atoms with Gasteiger partial charge in [0.05, 0.1) is 4.88 Å². The second kappa shape index (κ2) is 8.65. The van der Waals surface area contributed by atoms with Crippen molar-refractivity contribution in [2.75, 3.05) is 18.0 Å². The van der Waals surface area contributed by atoms with Crippen molar-refractivity contribution in [1.82, 2.24) is 10.2 Å². The summed E-state index contributed by atoms with van der Waals surface area (Å²) in [4.78, 5) is 31.0. The quantitative estimate of drug-likeness (QED) is 0.675. The predicted molar refractivity (Wildman–Crippen MR) is 124 cm³/mol. The molecule has 158 valence electrons. The van der Waals surface area contributed by atoms with Crippen molar-refractivity contribution in [3.63, 3.8) is 0 Å². The first kappa shape index (κ1) is 20.0. The van der Waals surface area contributed by atoms with Crippen LogP contribution < -0.4 is 10.2 Å². The third-order valence-electron chi connectivity index (χ3n) is 6.31. The monoisotopic (exact) mass is 431 g/mol. The number of nitrogens with one attached hydrogen (secondary N) is 1. The number of fused-ring (bicyclic) bond motifs is 2. The van der Waals surface area contributed by atoms with Gasteiger partial charge >= 0.3 is 0 Å². The molecule has 3 heterocycles. The maximum absolute atomic E-state index is 13.4. The smallest absolute Gasteiger partial charge is 0.261 e. The molecule has 2 aliphatic rings. The Balaban J connectivity index is 1.37. The lowest BCUT2D eigenvalue weighted by Crippen LogP contribution is -2.45. The van der Waals surface area contributed by atoms with Crippen LogP contribution in [0.4, 0.5) is 5.69 Å². The maximum atomic E-state index is 13.4. The van der Waals surface area contributed by atoms with Gasteiger partial charge in [0.25, 0.3) is 11.8 Å². The molecule has 2 atom stereocenters. The zero-order valence-electron chi connectivity index (χ0n) is 17.2. The van der Waals surface area contributed by atoms with Crippen LogP contribution >= 0.6 is 11.3 Å².